The lowest BCUT2D eigenvalue weighted by Crippen LogP contribution is -2.52. The first-order valence-corrected chi connectivity index (χ1v) is 10.7. The van der Waals surface area contributed by atoms with Gasteiger partial charge >= 0.3 is 18.4 Å². The van der Waals surface area contributed by atoms with Crippen LogP contribution in [0.4, 0.5) is 41.2 Å². The summed E-state index contributed by atoms with van der Waals surface area (Å²) >= 11 is 6.14. The number of ether oxygens (including phenoxy) is 1. The number of nitrogens with zero attached hydrogens (tertiary/aromatic N) is 3. The summed E-state index contributed by atoms with van der Waals surface area (Å²) in [6, 6.07) is 5.34. The number of halogens is 8. The lowest BCUT2D eigenvalue weighted by Gasteiger charge is -2.36. The van der Waals surface area contributed by atoms with E-state index in [4.69, 9.17) is 11.6 Å². The minimum atomic E-state index is -5.75. The third-order valence-electron chi connectivity index (χ3n) is 5.73. The average Bonchev–Trinajstić information content (AvgIpc) is 3.21. The Hall–Kier alpha value is -1.95. The summed E-state index contributed by atoms with van der Waals surface area (Å²) in [6.07, 6.45) is -16.6. The highest BCUT2D eigenvalue weighted by atomic mass is 35.5. The van der Waals surface area contributed by atoms with Crippen LogP contribution in [0.3, 0.4) is 0 Å². The van der Waals surface area contributed by atoms with Gasteiger partial charge in [-0.15, -0.1) is 0 Å². The molecule has 1 atom stereocenters. The van der Waals surface area contributed by atoms with Crippen molar-refractivity contribution in [2.75, 3.05) is 50.8 Å². The number of amides is 1. The van der Waals surface area contributed by atoms with Gasteiger partial charge in [-0.3, -0.25) is 9.29 Å². The van der Waals surface area contributed by atoms with Gasteiger partial charge in [-0.1, -0.05) is 17.7 Å². The van der Waals surface area contributed by atoms with Crippen LogP contribution in [0.5, 0.6) is 0 Å². The van der Waals surface area contributed by atoms with E-state index in [1.165, 1.54) is 0 Å². The first-order valence-electron chi connectivity index (χ1n) is 10.3. The minimum Gasteiger partial charge on any atom is -0.426 e. The van der Waals surface area contributed by atoms with Crippen LogP contribution in [-0.2, 0) is 11.3 Å². The average molecular weight is 506 g/mol. The number of piperazine rings is 1. The van der Waals surface area contributed by atoms with Gasteiger partial charge in [0.2, 0.25) is 0 Å². The van der Waals surface area contributed by atoms with E-state index in [2.05, 4.69) is 4.74 Å². The van der Waals surface area contributed by atoms with Gasteiger partial charge in [-0.25, -0.2) is 4.79 Å². The molecule has 1 aromatic rings. The third-order valence-corrected chi connectivity index (χ3v) is 5.96. The molecule has 3 rings (SSSR count). The molecule has 0 saturated carbocycles. The number of carbonyl (C=O) groups is 1. The van der Waals surface area contributed by atoms with Crippen molar-refractivity contribution in [3.05, 3.63) is 28.8 Å². The van der Waals surface area contributed by atoms with E-state index in [0.29, 0.717) is 24.7 Å². The van der Waals surface area contributed by atoms with Crippen LogP contribution in [0.15, 0.2) is 18.2 Å². The molecule has 1 amide bonds. The fourth-order valence-electron chi connectivity index (χ4n) is 3.97. The first kappa shape index (κ1) is 25.7. The number of hydrogen-bond acceptors (Lipinski definition) is 4. The molecule has 2 aliphatic rings. The number of benzene rings is 1. The van der Waals surface area contributed by atoms with Gasteiger partial charge in [0.05, 0.1) is 6.67 Å². The topological polar surface area (TPSA) is 36.0 Å². The molecule has 13 heteroatoms. The van der Waals surface area contributed by atoms with Crippen LogP contribution < -0.4 is 4.90 Å². The highest BCUT2D eigenvalue weighted by Crippen LogP contribution is 2.36. The van der Waals surface area contributed by atoms with Gasteiger partial charge in [0, 0.05) is 62.4 Å². The van der Waals surface area contributed by atoms with Crippen molar-refractivity contribution < 1.29 is 40.3 Å². The number of hydrogen-bond donors (Lipinski definition) is 0. The van der Waals surface area contributed by atoms with E-state index < -0.39 is 31.2 Å². The molecule has 0 unspecified atom stereocenters. The predicted molar refractivity (Wildman–Crippen MR) is 107 cm³/mol. The Balaban J connectivity index is 1.59. The van der Waals surface area contributed by atoms with Gasteiger partial charge in [0.25, 0.3) is 6.10 Å². The fraction of sp³-hybridized carbons (Fsp3) is 0.650. The smallest absolute Gasteiger partial charge is 0.426 e. The van der Waals surface area contributed by atoms with Crippen LogP contribution in [0.1, 0.15) is 12.0 Å². The van der Waals surface area contributed by atoms with Gasteiger partial charge in [-0.05, 0) is 24.1 Å². The first-order chi connectivity index (χ1) is 15.4. The van der Waals surface area contributed by atoms with Crippen LogP contribution in [0.25, 0.3) is 0 Å². The van der Waals surface area contributed by atoms with Crippen molar-refractivity contribution in [3.63, 3.8) is 0 Å². The standard InChI is InChI=1S/C20H23ClF7N3O2/c21-15-2-1-14(16(9-15)31-4-3-13(10-22)11-31)12-29-5-7-30(8-6-29)18(32)33-17(19(23,24)25)20(26,27)28/h1-2,9,13,17H,3-8,10-12H2/t13-/m1/s1. The van der Waals surface area contributed by atoms with E-state index in [1.807, 2.05) is 15.9 Å². The molecule has 0 spiro atoms. The monoisotopic (exact) mass is 505 g/mol. The lowest BCUT2D eigenvalue weighted by atomic mass is 10.1. The van der Waals surface area contributed by atoms with Crippen LogP contribution in [-0.4, -0.2) is 80.3 Å². The number of anilines is 1. The Morgan fingerprint density at radius 3 is 2.24 bits per heavy atom. The summed E-state index contributed by atoms with van der Waals surface area (Å²) < 4.78 is 92.6. The molecule has 2 heterocycles. The Bertz CT molecular complexity index is 815. The molecule has 2 aliphatic heterocycles. The zero-order valence-electron chi connectivity index (χ0n) is 17.4. The van der Waals surface area contributed by atoms with Crippen LogP contribution in [0.2, 0.25) is 5.02 Å². The van der Waals surface area contributed by atoms with Crippen molar-refractivity contribution in [2.45, 2.75) is 31.4 Å². The maximum atomic E-state index is 13.0. The van der Waals surface area contributed by atoms with Crippen molar-refractivity contribution in [2.24, 2.45) is 5.92 Å². The molecule has 1 aromatic carbocycles. The van der Waals surface area contributed by atoms with E-state index in [9.17, 15) is 35.5 Å². The summed E-state index contributed by atoms with van der Waals surface area (Å²) in [5.74, 6) is -0.0522. The third kappa shape index (κ3) is 6.56. The molecule has 0 aliphatic carbocycles. The molecule has 0 aromatic heterocycles. The molecule has 0 N–H and O–H groups in total. The second kappa shape index (κ2) is 10.1. The summed E-state index contributed by atoms with van der Waals surface area (Å²) in [7, 11) is 0. The maximum Gasteiger partial charge on any atom is 0.434 e. The lowest BCUT2D eigenvalue weighted by molar-refractivity contribution is -0.308. The molecule has 186 valence electrons. The predicted octanol–water partition coefficient (Wildman–Crippen LogP) is 4.88. The molecule has 0 radical (unpaired) electrons. The van der Waals surface area contributed by atoms with E-state index in [0.717, 1.165) is 22.6 Å². The second-order valence-electron chi connectivity index (χ2n) is 8.14. The van der Waals surface area contributed by atoms with E-state index in [-0.39, 0.29) is 32.1 Å². The SMILES string of the molecule is O=C(OC(C(F)(F)F)C(F)(F)F)N1CCN(Cc2ccc(Cl)cc2N2CC[C@H](CF)C2)CC1. The molecule has 2 fully saturated rings. The van der Waals surface area contributed by atoms with E-state index >= 15 is 0 Å². The van der Waals surface area contributed by atoms with Gasteiger partial charge in [0.15, 0.2) is 0 Å². The van der Waals surface area contributed by atoms with Gasteiger partial charge in [-0.2, -0.15) is 26.3 Å². The molecular weight excluding hydrogens is 483 g/mol. The zero-order valence-corrected chi connectivity index (χ0v) is 18.2. The quantitative estimate of drug-likeness (QED) is 0.534. The Kier molecular flexibility index (Phi) is 7.87. The van der Waals surface area contributed by atoms with Crippen LogP contribution in [0, 0.1) is 5.92 Å². The Morgan fingerprint density at radius 2 is 1.70 bits per heavy atom. The largest absolute Gasteiger partial charge is 0.434 e. The van der Waals surface area contributed by atoms with E-state index in [1.54, 1.807) is 12.1 Å². The summed E-state index contributed by atoms with van der Waals surface area (Å²) in [4.78, 5) is 16.7. The number of alkyl halides is 7. The summed E-state index contributed by atoms with van der Waals surface area (Å²) in [5, 5.41) is 0.522. The normalized spacial score (nSPS) is 20.6. The highest BCUT2D eigenvalue weighted by Gasteiger charge is 2.60. The van der Waals surface area contributed by atoms with Gasteiger partial charge < -0.3 is 14.5 Å². The number of carbonyl (C=O) groups excluding carboxylic acids is 1. The minimum absolute atomic E-state index is 0.0522. The fourth-order valence-corrected chi connectivity index (χ4v) is 4.13. The van der Waals surface area contributed by atoms with Gasteiger partial charge in [0.1, 0.15) is 0 Å². The molecule has 5 nitrogen and oxygen atoms in total. The molecule has 33 heavy (non-hydrogen) atoms. The zero-order chi connectivity index (χ0) is 24.4. The molecule has 0 bridgehead atoms. The Labute approximate surface area is 191 Å². The summed E-state index contributed by atoms with van der Waals surface area (Å²) in [6.45, 7) is 1.55. The van der Waals surface area contributed by atoms with Crippen molar-refractivity contribution in [1.29, 1.82) is 0 Å². The van der Waals surface area contributed by atoms with Crippen LogP contribution >= 0.6 is 11.6 Å². The Morgan fingerprint density at radius 1 is 1.06 bits per heavy atom. The highest BCUT2D eigenvalue weighted by molar-refractivity contribution is 6.30. The molecular formula is C20H23ClF7N3O2. The van der Waals surface area contributed by atoms with Crippen molar-refractivity contribution in [1.82, 2.24) is 9.80 Å². The maximum absolute atomic E-state index is 13.0. The van der Waals surface area contributed by atoms with Crippen molar-refractivity contribution in [3.8, 4) is 0 Å². The summed E-state index contributed by atoms with van der Waals surface area (Å²) in [5.41, 5.74) is 1.77. The molecule has 2 saturated heterocycles. The van der Waals surface area contributed by atoms with Crippen molar-refractivity contribution >= 4 is 23.4 Å². The number of rotatable bonds is 5. The second-order valence-corrected chi connectivity index (χ2v) is 8.57.